The van der Waals surface area contributed by atoms with E-state index in [1.807, 2.05) is 22.3 Å². The van der Waals surface area contributed by atoms with Crippen molar-refractivity contribution in [1.29, 1.82) is 0 Å². The van der Waals surface area contributed by atoms with E-state index < -0.39 is 0 Å². The number of fused-ring (bicyclic) bond motifs is 3. The van der Waals surface area contributed by atoms with Gasteiger partial charge in [-0.25, -0.2) is 0 Å². The average Bonchev–Trinajstić information content (AvgIpc) is 2.97. The van der Waals surface area contributed by atoms with Crippen LogP contribution < -0.4 is 4.52 Å². The summed E-state index contributed by atoms with van der Waals surface area (Å²) in [4.78, 5) is 5.45. The van der Waals surface area contributed by atoms with Crippen molar-refractivity contribution in [2.75, 3.05) is 0 Å². The van der Waals surface area contributed by atoms with Crippen LogP contribution in [0, 0.1) is 0 Å². The minimum absolute atomic E-state index is 0.963. The molecule has 1 aromatic carbocycles. The predicted octanol–water partition coefficient (Wildman–Crippen LogP) is 3.15. The Hall–Kier alpha value is -2.07. The van der Waals surface area contributed by atoms with Crippen molar-refractivity contribution in [3.63, 3.8) is 0 Å². The standard InChI is InChI=1S/C16H14N3S/c1-2-5-12(6-3-1)9-13-7-4-8-14-10-17-16-19(15(13)14)18-11-20-16/h1-3,5-6,9-11H,4,7-8H2/q+1/b13-9-. The van der Waals surface area contributed by atoms with Crippen molar-refractivity contribution >= 4 is 27.9 Å². The molecule has 0 spiro atoms. The fourth-order valence-electron chi connectivity index (χ4n) is 2.79. The molecule has 0 N–H and O–H groups in total. The third kappa shape index (κ3) is 1.93. The number of benzene rings is 1. The highest BCUT2D eigenvalue weighted by Crippen LogP contribution is 2.29. The fraction of sp³-hybridized carbons (Fsp3) is 0.188. The summed E-state index contributed by atoms with van der Waals surface area (Å²) in [5.74, 6) is 0. The first-order valence-corrected chi connectivity index (χ1v) is 7.69. The van der Waals surface area contributed by atoms with Gasteiger partial charge in [0, 0.05) is 11.1 Å². The zero-order valence-electron chi connectivity index (χ0n) is 11.0. The normalized spacial score (nSPS) is 16.5. The molecule has 0 bridgehead atoms. The van der Waals surface area contributed by atoms with Gasteiger partial charge in [-0.2, -0.15) is 0 Å². The third-order valence-electron chi connectivity index (χ3n) is 3.69. The van der Waals surface area contributed by atoms with Gasteiger partial charge >= 0.3 is 4.96 Å². The second-order valence-electron chi connectivity index (χ2n) is 5.00. The summed E-state index contributed by atoms with van der Waals surface area (Å²) in [6, 6.07) is 10.5. The molecule has 4 heteroatoms. The van der Waals surface area contributed by atoms with Gasteiger partial charge in [-0.05, 0) is 47.2 Å². The number of hydrogen-bond acceptors (Lipinski definition) is 3. The van der Waals surface area contributed by atoms with E-state index in [-0.39, 0.29) is 0 Å². The molecule has 20 heavy (non-hydrogen) atoms. The van der Waals surface area contributed by atoms with Gasteiger partial charge in [-0.15, -0.1) is 0 Å². The maximum absolute atomic E-state index is 4.49. The Kier molecular flexibility index (Phi) is 2.81. The number of rotatable bonds is 1. The smallest absolute Gasteiger partial charge is 0.0831 e. The molecule has 0 saturated heterocycles. The largest absolute Gasteiger partial charge is 0.409 e. The highest BCUT2D eigenvalue weighted by molar-refractivity contribution is 7.14. The topological polar surface area (TPSA) is 29.9 Å². The van der Waals surface area contributed by atoms with Crippen LogP contribution in [0.5, 0.6) is 0 Å². The van der Waals surface area contributed by atoms with Crippen LogP contribution in [-0.4, -0.2) is 10.1 Å². The lowest BCUT2D eigenvalue weighted by atomic mass is 9.91. The Labute approximate surface area is 121 Å². The molecular weight excluding hydrogens is 266 g/mol. The van der Waals surface area contributed by atoms with Crippen molar-refractivity contribution in [2.45, 2.75) is 19.3 Å². The molecule has 0 aliphatic heterocycles. The summed E-state index contributed by atoms with van der Waals surface area (Å²) in [6.07, 6.45) is 7.68. The van der Waals surface area contributed by atoms with Gasteiger partial charge in [0.05, 0.1) is 0 Å². The lowest BCUT2D eigenvalue weighted by molar-refractivity contribution is -0.581. The minimum atomic E-state index is 0.963. The number of aromatic nitrogens is 3. The molecule has 1 aliphatic carbocycles. The number of nitrogens with zero attached hydrogens (tertiary/aromatic N) is 3. The van der Waals surface area contributed by atoms with Crippen LogP contribution in [0.15, 0.2) is 42.0 Å². The Morgan fingerprint density at radius 3 is 2.95 bits per heavy atom. The Morgan fingerprint density at radius 2 is 2.05 bits per heavy atom. The highest BCUT2D eigenvalue weighted by Gasteiger charge is 2.25. The maximum Gasteiger partial charge on any atom is 0.409 e. The SMILES string of the molecule is C(=C1\CCCc2cnc3scn[n+]3c21)/c1ccccc1. The van der Waals surface area contributed by atoms with Crippen molar-refractivity contribution < 1.29 is 4.52 Å². The van der Waals surface area contributed by atoms with E-state index in [4.69, 9.17) is 0 Å². The van der Waals surface area contributed by atoms with Crippen LogP contribution in [0.4, 0.5) is 0 Å². The molecule has 98 valence electrons. The molecule has 2 heterocycles. The van der Waals surface area contributed by atoms with E-state index in [1.54, 1.807) is 11.3 Å². The summed E-state index contributed by atoms with van der Waals surface area (Å²) in [5.41, 5.74) is 7.02. The maximum atomic E-state index is 4.49. The zero-order valence-corrected chi connectivity index (χ0v) is 11.8. The van der Waals surface area contributed by atoms with E-state index in [1.165, 1.54) is 28.8 Å². The second kappa shape index (κ2) is 4.80. The molecular formula is C16H14N3S+. The van der Waals surface area contributed by atoms with Gasteiger partial charge < -0.3 is 0 Å². The Bertz CT molecular complexity index is 790. The summed E-state index contributed by atoms with van der Waals surface area (Å²) in [7, 11) is 0. The zero-order chi connectivity index (χ0) is 13.4. The fourth-order valence-corrected chi connectivity index (χ4v) is 3.38. The molecule has 3 nitrogen and oxygen atoms in total. The van der Waals surface area contributed by atoms with E-state index in [2.05, 4.69) is 40.4 Å². The third-order valence-corrected chi connectivity index (χ3v) is 4.37. The molecule has 3 aromatic rings. The molecule has 0 atom stereocenters. The van der Waals surface area contributed by atoms with Gasteiger partial charge in [0.2, 0.25) is 0 Å². The van der Waals surface area contributed by atoms with Crippen molar-refractivity contribution in [3.8, 4) is 0 Å². The molecule has 0 amide bonds. The van der Waals surface area contributed by atoms with Gasteiger partial charge in [0.25, 0.3) is 0 Å². The Balaban J connectivity index is 1.93. The first kappa shape index (κ1) is 11.7. The first-order valence-electron chi connectivity index (χ1n) is 6.81. The van der Waals surface area contributed by atoms with E-state index in [0.29, 0.717) is 0 Å². The van der Waals surface area contributed by atoms with Crippen LogP contribution in [0.3, 0.4) is 0 Å². The van der Waals surface area contributed by atoms with Gasteiger partial charge in [-0.3, -0.25) is 0 Å². The molecule has 2 aromatic heterocycles. The highest BCUT2D eigenvalue weighted by atomic mass is 32.1. The van der Waals surface area contributed by atoms with E-state index in [0.717, 1.165) is 17.8 Å². The Morgan fingerprint density at radius 1 is 1.15 bits per heavy atom. The lowest BCUT2D eigenvalue weighted by Crippen LogP contribution is -2.32. The molecule has 1 aliphatic rings. The quantitative estimate of drug-likeness (QED) is 0.641. The van der Waals surface area contributed by atoms with Crippen LogP contribution >= 0.6 is 11.3 Å². The van der Waals surface area contributed by atoms with Crippen LogP contribution in [0.25, 0.3) is 16.6 Å². The van der Waals surface area contributed by atoms with Crippen molar-refractivity contribution in [1.82, 2.24) is 10.1 Å². The van der Waals surface area contributed by atoms with E-state index >= 15 is 0 Å². The number of aryl methyl sites for hydroxylation is 1. The molecule has 4 rings (SSSR count). The minimum Gasteiger partial charge on any atom is -0.0831 e. The monoisotopic (exact) mass is 280 g/mol. The first-order chi connectivity index (χ1) is 9.92. The van der Waals surface area contributed by atoms with E-state index in [9.17, 15) is 0 Å². The number of hydrogen-bond donors (Lipinski definition) is 0. The predicted molar refractivity (Wildman–Crippen MR) is 80.3 cm³/mol. The van der Waals surface area contributed by atoms with Gasteiger partial charge in [-0.1, -0.05) is 39.9 Å². The summed E-state index contributed by atoms with van der Waals surface area (Å²) in [6.45, 7) is 0. The molecule has 0 fully saturated rings. The molecule has 0 radical (unpaired) electrons. The second-order valence-corrected chi connectivity index (χ2v) is 5.81. The van der Waals surface area contributed by atoms with Crippen LogP contribution in [0.1, 0.15) is 29.7 Å². The summed E-state index contributed by atoms with van der Waals surface area (Å²) in [5, 5.41) is 4.46. The van der Waals surface area contributed by atoms with Crippen LogP contribution in [0.2, 0.25) is 0 Å². The number of allylic oxidation sites excluding steroid dienone is 1. The molecule has 0 saturated carbocycles. The average molecular weight is 280 g/mol. The summed E-state index contributed by atoms with van der Waals surface area (Å²) >= 11 is 1.58. The van der Waals surface area contributed by atoms with Gasteiger partial charge in [0.15, 0.2) is 5.69 Å². The van der Waals surface area contributed by atoms with Crippen LogP contribution in [-0.2, 0) is 6.42 Å². The van der Waals surface area contributed by atoms with Gasteiger partial charge in [0.1, 0.15) is 11.7 Å². The van der Waals surface area contributed by atoms with Crippen molar-refractivity contribution in [2.24, 2.45) is 0 Å². The molecule has 0 unspecified atom stereocenters. The van der Waals surface area contributed by atoms with Crippen molar-refractivity contribution in [3.05, 3.63) is 58.9 Å². The summed E-state index contributed by atoms with van der Waals surface area (Å²) < 4.78 is 1.99. The lowest BCUT2D eigenvalue weighted by Gasteiger charge is -2.14.